The molecule has 1 atom stereocenters. The predicted molar refractivity (Wildman–Crippen MR) is 60.9 cm³/mol. The van der Waals surface area contributed by atoms with Crippen molar-refractivity contribution in [1.29, 1.82) is 0 Å². The number of hydrogen-bond donors (Lipinski definition) is 0. The fraction of sp³-hybridized carbons (Fsp3) is 1.00. The molecule has 0 bridgehead atoms. The molecule has 5 heteroatoms. The van der Waals surface area contributed by atoms with E-state index in [0.717, 1.165) is 6.42 Å². The summed E-state index contributed by atoms with van der Waals surface area (Å²) in [6, 6.07) is 0. The van der Waals surface area contributed by atoms with Gasteiger partial charge in [-0.05, 0) is 41.0 Å². The second-order valence-corrected chi connectivity index (χ2v) is 5.61. The van der Waals surface area contributed by atoms with Gasteiger partial charge in [-0.25, -0.2) is 4.57 Å². The van der Waals surface area contributed by atoms with Crippen molar-refractivity contribution in [2.75, 3.05) is 0 Å². The van der Waals surface area contributed by atoms with Crippen LogP contribution in [0.5, 0.6) is 0 Å². The number of hydrogen-bond acceptors (Lipinski definition) is 4. The molecule has 0 aliphatic rings. The van der Waals surface area contributed by atoms with Gasteiger partial charge in [-0.3, -0.25) is 13.6 Å². The maximum Gasteiger partial charge on any atom is 0.475 e. The monoisotopic (exact) mass is 238 g/mol. The molecule has 0 radical (unpaired) electrons. The first-order valence-electron chi connectivity index (χ1n) is 5.44. The van der Waals surface area contributed by atoms with Gasteiger partial charge in [0.15, 0.2) is 0 Å². The fourth-order valence-corrected chi connectivity index (χ4v) is 2.66. The van der Waals surface area contributed by atoms with E-state index in [2.05, 4.69) is 0 Å². The van der Waals surface area contributed by atoms with Gasteiger partial charge in [0, 0.05) is 0 Å². The van der Waals surface area contributed by atoms with E-state index in [4.69, 9.17) is 13.6 Å². The summed E-state index contributed by atoms with van der Waals surface area (Å²) >= 11 is 0. The van der Waals surface area contributed by atoms with Crippen LogP contribution in [0.25, 0.3) is 0 Å². The molecule has 0 spiro atoms. The van der Waals surface area contributed by atoms with Crippen molar-refractivity contribution in [3.63, 3.8) is 0 Å². The van der Waals surface area contributed by atoms with E-state index in [9.17, 15) is 4.57 Å². The van der Waals surface area contributed by atoms with Crippen molar-refractivity contribution in [3.05, 3.63) is 0 Å². The second-order valence-electron chi connectivity index (χ2n) is 4.08. The molecule has 0 aliphatic heterocycles. The molecule has 15 heavy (non-hydrogen) atoms. The SMILES string of the molecule is CCC(C)OP(=O)(OC(C)C)OC(C)C. The summed E-state index contributed by atoms with van der Waals surface area (Å²) < 4.78 is 27.9. The van der Waals surface area contributed by atoms with Crippen molar-refractivity contribution < 1.29 is 18.1 Å². The Labute approximate surface area is 92.9 Å². The smallest absolute Gasteiger partial charge is 0.284 e. The van der Waals surface area contributed by atoms with Gasteiger partial charge in [0.25, 0.3) is 0 Å². The summed E-state index contributed by atoms with van der Waals surface area (Å²) in [5.74, 6) is 0. The lowest BCUT2D eigenvalue weighted by Crippen LogP contribution is -2.14. The Kier molecular flexibility index (Phi) is 6.69. The highest BCUT2D eigenvalue weighted by Crippen LogP contribution is 2.52. The average molecular weight is 238 g/mol. The van der Waals surface area contributed by atoms with Crippen LogP contribution in [0.1, 0.15) is 48.0 Å². The van der Waals surface area contributed by atoms with Crippen LogP contribution in [0.15, 0.2) is 0 Å². The first-order valence-corrected chi connectivity index (χ1v) is 6.90. The van der Waals surface area contributed by atoms with Crippen molar-refractivity contribution in [3.8, 4) is 0 Å². The van der Waals surface area contributed by atoms with E-state index in [1.165, 1.54) is 0 Å². The van der Waals surface area contributed by atoms with Gasteiger partial charge in [-0.1, -0.05) is 6.92 Å². The summed E-state index contributed by atoms with van der Waals surface area (Å²) in [6.45, 7) is 11.0. The predicted octanol–water partition coefficient (Wildman–Crippen LogP) is 3.76. The minimum absolute atomic E-state index is 0.131. The Bertz CT molecular complexity index is 201. The van der Waals surface area contributed by atoms with E-state index in [1.54, 1.807) is 27.7 Å². The highest BCUT2D eigenvalue weighted by molar-refractivity contribution is 7.48. The maximum absolute atomic E-state index is 12.1. The van der Waals surface area contributed by atoms with Crippen LogP contribution in [0.4, 0.5) is 0 Å². The van der Waals surface area contributed by atoms with E-state index in [0.29, 0.717) is 0 Å². The molecule has 0 aromatic rings. The lowest BCUT2D eigenvalue weighted by Gasteiger charge is -2.24. The van der Waals surface area contributed by atoms with Crippen molar-refractivity contribution in [2.45, 2.75) is 66.3 Å². The van der Waals surface area contributed by atoms with Crippen molar-refractivity contribution in [2.24, 2.45) is 0 Å². The van der Waals surface area contributed by atoms with E-state index in [-0.39, 0.29) is 18.3 Å². The lowest BCUT2D eigenvalue weighted by atomic mass is 10.3. The van der Waals surface area contributed by atoms with Crippen LogP contribution in [-0.4, -0.2) is 18.3 Å². The summed E-state index contributed by atoms with van der Waals surface area (Å²) in [5.41, 5.74) is 0. The minimum Gasteiger partial charge on any atom is -0.284 e. The van der Waals surface area contributed by atoms with Gasteiger partial charge in [0.2, 0.25) is 0 Å². The first kappa shape index (κ1) is 15.1. The van der Waals surface area contributed by atoms with Crippen molar-refractivity contribution in [1.82, 2.24) is 0 Å². The molecule has 0 fully saturated rings. The van der Waals surface area contributed by atoms with E-state index in [1.807, 2.05) is 13.8 Å². The van der Waals surface area contributed by atoms with Crippen LogP contribution in [-0.2, 0) is 18.1 Å². The van der Waals surface area contributed by atoms with Crippen LogP contribution in [0.2, 0.25) is 0 Å². The molecule has 0 saturated carbocycles. The van der Waals surface area contributed by atoms with Crippen LogP contribution in [0.3, 0.4) is 0 Å². The Hall–Kier alpha value is 0.110. The fourth-order valence-electron chi connectivity index (χ4n) is 0.886. The summed E-state index contributed by atoms with van der Waals surface area (Å²) in [5, 5.41) is 0. The number of phosphoric ester groups is 1. The summed E-state index contributed by atoms with van der Waals surface area (Å²) in [6.07, 6.45) is 0.276. The zero-order valence-electron chi connectivity index (χ0n) is 10.5. The zero-order chi connectivity index (χ0) is 12.1. The average Bonchev–Trinajstić information content (AvgIpc) is 1.99. The number of phosphoric acid groups is 1. The van der Waals surface area contributed by atoms with Crippen LogP contribution >= 0.6 is 7.82 Å². The van der Waals surface area contributed by atoms with Crippen LogP contribution < -0.4 is 0 Å². The molecule has 0 saturated heterocycles. The maximum atomic E-state index is 12.1. The molecule has 92 valence electrons. The Balaban J connectivity index is 4.47. The quantitative estimate of drug-likeness (QED) is 0.633. The minimum atomic E-state index is -3.40. The third-order valence-electron chi connectivity index (χ3n) is 1.56. The molecule has 0 amide bonds. The highest BCUT2D eigenvalue weighted by Gasteiger charge is 2.31. The van der Waals surface area contributed by atoms with Gasteiger partial charge in [0.1, 0.15) is 0 Å². The summed E-state index contributed by atoms with van der Waals surface area (Å²) in [4.78, 5) is 0. The number of rotatable bonds is 7. The van der Waals surface area contributed by atoms with Crippen molar-refractivity contribution >= 4 is 7.82 Å². The highest BCUT2D eigenvalue weighted by atomic mass is 31.2. The topological polar surface area (TPSA) is 44.8 Å². The Morgan fingerprint density at radius 2 is 1.33 bits per heavy atom. The first-order chi connectivity index (χ1) is 6.79. The van der Waals surface area contributed by atoms with E-state index < -0.39 is 7.82 Å². The van der Waals surface area contributed by atoms with Crippen LogP contribution in [0, 0.1) is 0 Å². The molecule has 0 rings (SSSR count). The van der Waals surface area contributed by atoms with E-state index >= 15 is 0 Å². The summed E-state index contributed by atoms with van der Waals surface area (Å²) in [7, 11) is -3.40. The Morgan fingerprint density at radius 1 is 0.933 bits per heavy atom. The molecule has 4 nitrogen and oxygen atoms in total. The Morgan fingerprint density at radius 3 is 1.60 bits per heavy atom. The molecule has 0 heterocycles. The normalized spacial score (nSPS) is 14.9. The van der Waals surface area contributed by atoms with Gasteiger partial charge in [-0.2, -0.15) is 0 Å². The van der Waals surface area contributed by atoms with Gasteiger partial charge >= 0.3 is 7.82 Å². The molecule has 0 N–H and O–H groups in total. The van der Waals surface area contributed by atoms with Gasteiger partial charge in [-0.15, -0.1) is 0 Å². The largest absolute Gasteiger partial charge is 0.475 e. The third-order valence-corrected chi connectivity index (χ3v) is 3.54. The van der Waals surface area contributed by atoms with Gasteiger partial charge < -0.3 is 0 Å². The molecule has 0 aliphatic carbocycles. The zero-order valence-corrected chi connectivity index (χ0v) is 11.4. The molecule has 0 aromatic heterocycles. The molecular formula is C10H23O4P. The lowest BCUT2D eigenvalue weighted by molar-refractivity contribution is 0.0507. The molecule has 0 aromatic carbocycles. The molecular weight excluding hydrogens is 215 g/mol. The second kappa shape index (κ2) is 6.64. The standard InChI is InChI=1S/C10H23O4P/c1-7-10(6)14-15(11,12-8(2)3)13-9(4)5/h8-10H,7H2,1-6H3. The molecule has 1 unspecified atom stereocenters. The van der Waals surface area contributed by atoms with Gasteiger partial charge in [0.05, 0.1) is 18.3 Å². The third kappa shape index (κ3) is 7.07.